The summed E-state index contributed by atoms with van der Waals surface area (Å²) in [6.07, 6.45) is 3.88. The lowest BCUT2D eigenvalue weighted by atomic mass is 9.97. The summed E-state index contributed by atoms with van der Waals surface area (Å²) in [4.78, 5) is 36.9. The molecule has 1 saturated carbocycles. The van der Waals surface area contributed by atoms with Crippen LogP contribution in [-0.2, 0) is 9.59 Å². The Morgan fingerprint density at radius 2 is 1.69 bits per heavy atom. The predicted molar refractivity (Wildman–Crippen MR) is 110 cm³/mol. The highest BCUT2D eigenvalue weighted by atomic mass is 16.2. The third-order valence-electron chi connectivity index (χ3n) is 5.50. The fraction of sp³-hybridized carbons (Fsp3) is 0.409. The van der Waals surface area contributed by atoms with Crippen LogP contribution >= 0.6 is 0 Å². The van der Waals surface area contributed by atoms with Gasteiger partial charge < -0.3 is 9.88 Å². The van der Waals surface area contributed by atoms with E-state index in [2.05, 4.69) is 16.2 Å². The summed E-state index contributed by atoms with van der Waals surface area (Å²) in [6, 6.07) is 10.9. The molecule has 2 aromatic rings. The van der Waals surface area contributed by atoms with Crippen LogP contribution in [-0.4, -0.2) is 28.3 Å². The Morgan fingerprint density at radius 1 is 1.03 bits per heavy atom. The zero-order chi connectivity index (χ0) is 21.0. The number of carbonyl (C=O) groups is 3. The standard InChI is InChI=1S/C22H28N4O3/c1-14-13-19(15(2)26(14)18-11-5-4-6-12-18)21(28)24-25-22(29)20(23-16(3)27)17-9-7-8-10-17/h4-6,11-13,17,20H,7-10H2,1-3H3,(H,23,27)(H,24,28)(H,25,29). The molecule has 1 unspecified atom stereocenters. The molecule has 3 N–H and O–H groups in total. The first-order valence-electron chi connectivity index (χ1n) is 10.00. The molecule has 1 aliphatic rings. The molecule has 0 bridgehead atoms. The molecule has 1 atom stereocenters. The normalized spacial score (nSPS) is 15.0. The fourth-order valence-electron chi connectivity index (χ4n) is 4.14. The van der Waals surface area contributed by atoms with Gasteiger partial charge in [-0.2, -0.15) is 0 Å². The van der Waals surface area contributed by atoms with Crippen molar-refractivity contribution in [3.8, 4) is 5.69 Å². The molecule has 1 aromatic carbocycles. The summed E-state index contributed by atoms with van der Waals surface area (Å²) in [5.74, 6) is -0.937. The Hall–Kier alpha value is -3.09. The third-order valence-corrected chi connectivity index (χ3v) is 5.50. The van der Waals surface area contributed by atoms with Gasteiger partial charge in [-0.05, 0) is 50.8 Å². The van der Waals surface area contributed by atoms with Crippen molar-refractivity contribution in [2.45, 2.75) is 52.5 Å². The van der Waals surface area contributed by atoms with Crippen molar-refractivity contribution in [1.29, 1.82) is 0 Å². The molecule has 29 heavy (non-hydrogen) atoms. The van der Waals surface area contributed by atoms with Crippen molar-refractivity contribution in [2.24, 2.45) is 5.92 Å². The predicted octanol–water partition coefficient (Wildman–Crippen LogP) is 2.55. The first kappa shape index (κ1) is 20.6. The summed E-state index contributed by atoms with van der Waals surface area (Å²) < 4.78 is 2.00. The fourth-order valence-corrected chi connectivity index (χ4v) is 4.14. The van der Waals surface area contributed by atoms with Crippen LogP contribution in [0.15, 0.2) is 36.4 Å². The third kappa shape index (κ3) is 4.67. The van der Waals surface area contributed by atoms with Gasteiger partial charge in [0.2, 0.25) is 5.91 Å². The number of nitrogens with zero attached hydrogens (tertiary/aromatic N) is 1. The largest absolute Gasteiger partial charge is 0.344 e. The lowest BCUT2D eigenvalue weighted by molar-refractivity contribution is -0.129. The molecule has 154 valence electrons. The van der Waals surface area contributed by atoms with Crippen LogP contribution in [0, 0.1) is 19.8 Å². The van der Waals surface area contributed by atoms with Gasteiger partial charge >= 0.3 is 0 Å². The van der Waals surface area contributed by atoms with Gasteiger partial charge in [0.15, 0.2) is 0 Å². The Kier molecular flexibility index (Phi) is 6.36. The lowest BCUT2D eigenvalue weighted by Crippen LogP contribution is -2.54. The van der Waals surface area contributed by atoms with Gasteiger partial charge in [-0.15, -0.1) is 0 Å². The lowest BCUT2D eigenvalue weighted by Gasteiger charge is -2.23. The van der Waals surface area contributed by atoms with Crippen molar-refractivity contribution < 1.29 is 14.4 Å². The van der Waals surface area contributed by atoms with Gasteiger partial charge in [0.1, 0.15) is 6.04 Å². The van der Waals surface area contributed by atoms with Crippen molar-refractivity contribution in [2.75, 3.05) is 0 Å². The number of hydrazine groups is 1. The van der Waals surface area contributed by atoms with Gasteiger partial charge in [0.25, 0.3) is 11.8 Å². The van der Waals surface area contributed by atoms with Crippen molar-refractivity contribution in [3.63, 3.8) is 0 Å². The topological polar surface area (TPSA) is 92.2 Å². The van der Waals surface area contributed by atoms with Crippen LogP contribution in [0.25, 0.3) is 5.69 Å². The quantitative estimate of drug-likeness (QED) is 0.678. The number of hydrogen-bond donors (Lipinski definition) is 3. The highest BCUT2D eigenvalue weighted by Crippen LogP contribution is 2.28. The van der Waals surface area contributed by atoms with Crippen LogP contribution in [0.5, 0.6) is 0 Å². The number of rotatable bonds is 5. The molecule has 7 heteroatoms. The van der Waals surface area contributed by atoms with E-state index in [1.54, 1.807) is 6.07 Å². The second kappa shape index (κ2) is 8.94. The molecular formula is C22H28N4O3. The molecule has 0 radical (unpaired) electrons. The van der Waals surface area contributed by atoms with Crippen molar-refractivity contribution in [1.82, 2.24) is 20.7 Å². The van der Waals surface area contributed by atoms with Crippen LogP contribution in [0.3, 0.4) is 0 Å². The number of nitrogens with one attached hydrogen (secondary N) is 3. The van der Waals surface area contributed by atoms with Gasteiger partial charge in [-0.25, -0.2) is 0 Å². The minimum atomic E-state index is -0.632. The van der Waals surface area contributed by atoms with E-state index in [1.165, 1.54) is 6.92 Å². The van der Waals surface area contributed by atoms with E-state index in [1.807, 2.05) is 48.7 Å². The van der Waals surface area contributed by atoms with E-state index in [9.17, 15) is 14.4 Å². The van der Waals surface area contributed by atoms with Gasteiger partial charge in [0.05, 0.1) is 5.56 Å². The van der Waals surface area contributed by atoms with Gasteiger partial charge in [0, 0.05) is 24.0 Å². The SMILES string of the molecule is CC(=O)NC(C(=O)NNC(=O)c1cc(C)n(-c2ccccc2)c1C)C1CCCC1. The minimum absolute atomic E-state index is 0.0962. The molecule has 0 saturated heterocycles. The smallest absolute Gasteiger partial charge is 0.271 e. The number of carbonyl (C=O) groups excluding carboxylic acids is 3. The second-order valence-corrected chi connectivity index (χ2v) is 7.62. The molecule has 3 amide bonds. The van der Waals surface area contributed by atoms with E-state index in [-0.39, 0.29) is 17.7 Å². The number of hydrogen-bond acceptors (Lipinski definition) is 3. The maximum atomic E-state index is 12.7. The molecule has 1 aromatic heterocycles. The average molecular weight is 396 g/mol. The Balaban J connectivity index is 1.70. The average Bonchev–Trinajstić information content (AvgIpc) is 3.32. The number of aryl methyl sites for hydroxylation is 1. The molecule has 1 aliphatic carbocycles. The Bertz CT molecular complexity index is 898. The maximum absolute atomic E-state index is 12.7. The van der Waals surface area contributed by atoms with E-state index in [0.29, 0.717) is 5.56 Å². The van der Waals surface area contributed by atoms with Gasteiger partial charge in [-0.3, -0.25) is 25.2 Å². The van der Waals surface area contributed by atoms with Crippen LogP contribution < -0.4 is 16.2 Å². The zero-order valence-electron chi connectivity index (χ0n) is 17.1. The molecule has 1 heterocycles. The van der Waals surface area contributed by atoms with Crippen LogP contribution in [0.2, 0.25) is 0 Å². The highest BCUT2D eigenvalue weighted by molar-refractivity contribution is 5.97. The first-order chi connectivity index (χ1) is 13.9. The molecular weight excluding hydrogens is 368 g/mol. The first-order valence-corrected chi connectivity index (χ1v) is 10.00. The molecule has 1 fully saturated rings. The Labute approximate surface area is 170 Å². The van der Waals surface area contributed by atoms with Crippen LogP contribution in [0.1, 0.15) is 54.4 Å². The summed E-state index contributed by atoms with van der Waals surface area (Å²) in [5, 5.41) is 2.72. The maximum Gasteiger partial charge on any atom is 0.271 e. The van der Waals surface area contributed by atoms with Crippen molar-refractivity contribution >= 4 is 17.7 Å². The molecule has 7 nitrogen and oxygen atoms in total. The molecule has 3 rings (SSSR count). The van der Waals surface area contributed by atoms with E-state index < -0.39 is 11.9 Å². The summed E-state index contributed by atoms with van der Waals surface area (Å²) in [6.45, 7) is 5.20. The number of aromatic nitrogens is 1. The van der Waals surface area contributed by atoms with Gasteiger partial charge in [-0.1, -0.05) is 31.0 Å². The highest BCUT2D eigenvalue weighted by Gasteiger charge is 2.31. The summed E-state index contributed by atoms with van der Waals surface area (Å²) in [7, 11) is 0. The van der Waals surface area contributed by atoms with E-state index >= 15 is 0 Å². The zero-order valence-corrected chi connectivity index (χ0v) is 17.1. The number of benzene rings is 1. The molecule has 0 aliphatic heterocycles. The monoisotopic (exact) mass is 396 g/mol. The number of para-hydroxylation sites is 1. The van der Waals surface area contributed by atoms with E-state index in [0.717, 1.165) is 42.8 Å². The molecule has 0 spiro atoms. The van der Waals surface area contributed by atoms with E-state index in [4.69, 9.17) is 0 Å². The second-order valence-electron chi connectivity index (χ2n) is 7.62. The summed E-state index contributed by atoms with van der Waals surface area (Å²) in [5.41, 5.74) is 8.17. The minimum Gasteiger partial charge on any atom is -0.344 e. The summed E-state index contributed by atoms with van der Waals surface area (Å²) >= 11 is 0. The number of amides is 3. The van der Waals surface area contributed by atoms with Crippen LogP contribution in [0.4, 0.5) is 0 Å². The van der Waals surface area contributed by atoms with Crippen molar-refractivity contribution in [3.05, 3.63) is 53.3 Å². The Morgan fingerprint density at radius 3 is 2.31 bits per heavy atom.